The standard InChI is InChI=1S/C16H20Cl2N2O2.ClH/c17-12-7-13(18)9-14(8-12)22-10-11-1-5-20(6-2-11)15(21)16(19)3-4-16;/h7-9,11H,1-6,10,19H2;1H. The molecule has 1 heterocycles. The number of rotatable bonds is 4. The summed E-state index contributed by atoms with van der Waals surface area (Å²) in [7, 11) is 0. The van der Waals surface area contributed by atoms with Crippen molar-refractivity contribution in [1.29, 1.82) is 0 Å². The third kappa shape index (κ3) is 4.66. The molecule has 2 aliphatic rings. The number of piperidine rings is 1. The Morgan fingerprint density at radius 1 is 1.22 bits per heavy atom. The van der Waals surface area contributed by atoms with Crippen molar-refractivity contribution in [3.63, 3.8) is 0 Å². The van der Waals surface area contributed by atoms with Gasteiger partial charge in [-0.15, -0.1) is 12.4 Å². The summed E-state index contributed by atoms with van der Waals surface area (Å²) in [6, 6.07) is 5.20. The molecule has 1 saturated carbocycles. The Balaban J connectivity index is 0.00000192. The van der Waals surface area contributed by atoms with Crippen LogP contribution in [0.4, 0.5) is 0 Å². The highest BCUT2D eigenvalue weighted by atomic mass is 35.5. The molecule has 1 aromatic carbocycles. The Labute approximate surface area is 152 Å². The molecule has 0 aromatic heterocycles. The fraction of sp³-hybridized carbons (Fsp3) is 0.562. The van der Waals surface area contributed by atoms with E-state index in [-0.39, 0.29) is 18.3 Å². The number of benzene rings is 1. The summed E-state index contributed by atoms with van der Waals surface area (Å²) in [5.74, 6) is 1.25. The van der Waals surface area contributed by atoms with E-state index in [9.17, 15) is 4.79 Å². The van der Waals surface area contributed by atoms with Crippen molar-refractivity contribution < 1.29 is 9.53 Å². The van der Waals surface area contributed by atoms with Gasteiger partial charge in [-0.25, -0.2) is 0 Å². The van der Waals surface area contributed by atoms with E-state index in [1.807, 2.05) is 4.90 Å². The lowest BCUT2D eigenvalue weighted by Gasteiger charge is -2.33. The predicted molar refractivity (Wildman–Crippen MR) is 94.7 cm³/mol. The predicted octanol–water partition coefficient (Wildman–Crippen LogP) is 3.52. The zero-order valence-electron chi connectivity index (χ0n) is 12.8. The summed E-state index contributed by atoms with van der Waals surface area (Å²) in [5.41, 5.74) is 5.42. The SMILES string of the molecule is Cl.NC1(C(=O)N2CCC(COc3cc(Cl)cc(Cl)c3)CC2)CC1. The third-order valence-corrected chi connectivity index (χ3v) is 4.87. The van der Waals surface area contributed by atoms with Crippen LogP contribution >= 0.6 is 35.6 Å². The second-order valence-electron chi connectivity index (χ2n) is 6.31. The molecule has 128 valence electrons. The zero-order valence-corrected chi connectivity index (χ0v) is 15.1. The Morgan fingerprint density at radius 3 is 2.30 bits per heavy atom. The first-order valence-electron chi connectivity index (χ1n) is 7.63. The van der Waals surface area contributed by atoms with Crippen LogP contribution in [0.1, 0.15) is 25.7 Å². The van der Waals surface area contributed by atoms with Crippen molar-refractivity contribution in [1.82, 2.24) is 4.90 Å². The number of likely N-dealkylation sites (tertiary alicyclic amines) is 1. The number of halogens is 3. The van der Waals surface area contributed by atoms with Gasteiger partial charge < -0.3 is 15.4 Å². The molecule has 3 rings (SSSR count). The van der Waals surface area contributed by atoms with E-state index < -0.39 is 5.54 Å². The number of carbonyl (C=O) groups is 1. The molecular weight excluding hydrogens is 359 g/mol. The minimum atomic E-state index is -0.555. The van der Waals surface area contributed by atoms with Crippen molar-refractivity contribution in [2.75, 3.05) is 19.7 Å². The normalized spacial score (nSPS) is 19.9. The average molecular weight is 380 g/mol. The van der Waals surface area contributed by atoms with Gasteiger partial charge in [-0.3, -0.25) is 4.79 Å². The highest BCUT2D eigenvalue weighted by Gasteiger charge is 2.48. The van der Waals surface area contributed by atoms with Crippen LogP contribution in [-0.2, 0) is 4.79 Å². The maximum atomic E-state index is 12.2. The van der Waals surface area contributed by atoms with E-state index in [1.54, 1.807) is 18.2 Å². The number of hydrogen-bond acceptors (Lipinski definition) is 3. The summed E-state index contributed by atoms with van der Waals surface area (Å²) in [6.07, 6.45) is 3.53. The monoisotopic (exact) mass is 378 g/mol. The van der Waals surface area contributed by atoms with Crippen molar-refractivity contribution >= 4 is 41.5 Å². The molecule has 1 aliphatic carbocycles. The minimum absolute atomic E-state index is 0. The number of hydrogen-bond donors (Lipinski definition) is 1. The van der Waals surface area contributed by atoms with Crippen molar-refractivity contribution in [2.45, 2.75) is 31.2 Å². The number of ether oxygens (including phenoxy) is 1. The minimum Gasteiger partial charge on any atom is -0.493 e. The first kappa shape index (κ1) is 18.7. The molecule has 0 bridgehead atoms. The Bertz CT molecular complexity index is 550. The molecule has 0 radical (unpaired) electrons. The zero-order chi connectivity index (χ0) is 15.7. The summed E-state index contributed by atoms with van der Waals surface area (Å²) in [4.78, 5) is 14.1. The van der Waals surface area contributed by atoms with Gasteiger partial charge in [-0.05, 0) is 49.8 Å². The first-order chi connectivity index (χ1) is 10.5. The molecule has 2 fully saturated rings. The van der Waals surface area contributed by atoms with Crippen LogP contribution in [0.5, 0.6) is 5.75 Å². The van der Waals surface area contributed by atoms with Gasteiger partial charge in [0.15, 0.2) is 0 Å². The molecular formula is C16H21Cl3N2O2. The second kappa shape index (κ2) is 7.47. The summed E-state index contributed by atoms with van der Waals surface area (Å²) < 4.78 is 5.79. The Kier molecular flexibility index (Phi) is 6.06. The van der Waals surface area contributed by atoms with Gasteiger partial charge in [-0.1, -0.05) is 23.2 Å². The summed E-state index contributed by atoms with van der Waals surface area (Å²) >= 11 is 11.9. The van der Waals surface area contributed by atoms with Crippen LogP contribution in [0.15, 0.2) is 18.2 Å². The molecule has 1 aromatic rings. The number of amides is 1. The molecule has 1 saturated heterocycles. The fourth-order valence-corrected chi connectivity index (χ4v) is 3.30. The summed E-state index contributed by atoms with van der Waals surface area (Å²) in [5, 5.41) is 1.14. The van der Waals surface area contributed by atoms with E-state index in [0.29, 0.717) is 28.3 Å². The fourth-order valence-electron chi connectivity index (χ4n) is 2.79. The van der Waals surface area contributed by atoms with Gasteiger partial charge in [0.2, 0.25) is 5.91 Å². The maximum Gasteiger partial charge on any atom is 0.242 e. The number of nitrogens with zero attached hydrogens (tertiary/aromatic N) is 1. The van der Waals surface area contributed by atoms with E-state index in [4.69, 9.17) is 33.7 Å². The molecule has 2 N–H and O–H groups in total. The van der Waals surface area contributed by atoms with Crippen LogP contribution in [0.2, 0.25) is 10.0 Å². The van der Waals surface area contributed by atoms with Crippen LogP contribution < -0.4 is 10.5 Å². The lowest BCUT2D eigenvalue weighted by molar-refractivity contribution is -0.135. The molecule has 1 aliphatic heterocycles. The molecule has 0 spiro atoms. The topological polar surface area (TPSA) is 55.6 Å². The second-order valence-corrected chi connectivity index (χ2v) is 7.18. The van der Waals surface area contributed by atoms with Gasteiger partial charge in [0.1, 0.15) is 5.75 Å². The molecule has 0 atom stereocenters. The average Bonchev–Trinajstić information content (AvgIpc) is 3.23. The van der Waals surface area contributed by atoms with Crippen LogP contribution in [0.3, 0.4) is 0 Å². The molecule has 23 heavy (non-hydrogen) atoms. The largest absolute Gasteiger partial charge is 0.493 e. The van der Waals surface area contributed by atoms with E-state index in [2.05, 4.69) is 0 Å². The smallest absolute Gasteiger partial charge is 0.242 e. The van der Waals surface area contributed by atoms with Gasteiger partial charge >= 0.3 is 0 Å². The molecule has 0 unspecified atom stereocenters. The lowest BCUT2D eigenvalue weighted by Crippen LogP contribution is -2.49. The quantitative estimate of drug-likeness (QED) is 0.871. The van der Waals surface area contributed by atoms with Crippen LogP contribution in [0, 0.1) is 5.92 Å². The van der Waals surface area contributed by atoms with Gasteiger partial charge in [-0.2, -0.15) is 0 Å². The van der Waals surface area contributed by atoms with Gasteiger partial charge in [0.05, 0.1) is 12.1 Å². The van der Waals surface area contributed by atoms with Crippen molar-refractivity contribution in [3.8, 4) is 5.75 Å². The highest BCUT2D eigenvalue weighted by molar-refractivity contribution is 6.34. The van der Waals surface area contributed by atoms with E-state index in [0.717, 1.165) is 38.8 Å². The molecule has 7 heteroatoms. The number of nitrogens with two attached hydrogens (primary N) is 1. The number of carbonyl (C=O) groups excluding carboxylic acids is 1. The Morgan fingerprint density at radius 2 is 1.78 bits per heavy atom. The van der Waals surface area contributed by atoms with E-state index in [1.165, 1.54) is 0 Å². The van der Waals surface area contributed by atoms with Gasteiger partial charge in [0, 0.05) is 23.1 Å². The van der Waals surface area contributed by atoms with Crippen molar-refractivity contribution in [2.24, 2.45) is 11.7 Å². The third-order valence-electron chi connectivity index (χ3n) is 4.44. The maximum absolute atomic E-state index is 12.2. The van der Waals surface area contributed by atoms with E-state index >= 15 is 0 Å². The molecule has 4 nitrogen and oxygen atoms in total. The first-order valence-corrected chi connectivity index (χ1v) is 8.39. The lowest BCUT2D eigenvalue weighted by atomic mass is 9.97. The molecule has 1 amide bonds. The summed E-state index contributed by atoms with van der Waals surface area (Å²) in [6.45, 7) is 2.15. The van der Waals surface area contributed by atoms with Gasteiger partial charge in [0.25, 0.3) is 0 Å². The van der Waals surface area contributed by atoms with Crippen LogP contribution in [0.25, 0.3) is 0 Å². The van der Waals surface area contributed by atoms with Crippen molar-refractivity contribution in [3.05, 3.63) is 28.2 Å². The Hall–Kier alpha value is -0.680. The highest BCUT2D eigenvalue weighted by Crippen LogP contribution is 2.35. The van der Waals surface area contributed by atoms with Crippen LogP contribution in [-0.4, -0.2) is 36.0 Å².